The smallest absolute Gasteiger partial charge is 0.129 e. The van der Waals surface area contributed by atoms with E-state index in [1.165, 1.54) is 12.1 Å². The maximum atomic E-state index is 13.5. The van der Waals surface area contributed by atoms with Crippen molar-refractivity contribution in [1.82, 2.24) is 0 Å². The summed E-state index contributed by atoms with van der Waals surface area (Å²) in [7, 11) is 0. The monoisotopic (exact) mass is 229 g/mol. The standard InChI is InChI=1S/C12H17F2NO/c1-2-12(15)10(5-6-16)9-4-3-8(13)7-11(9)14/h3-4,7,10,12,16H,2,5-6,15H2,1H3. The minimum Gasteiger partial charge on any atom is -0.396 e. The number of halogens is 2. The largest absolute Gasteiger partial charge is 0.396 e. The van der Waals surface area contributed by atoms with Crippen LogP contribution in [0.4, 0.5) is 8.78 Å². The summed E-state index contributed by atoms with van der Waals surface area (Å²) in [6.07, 6.45) is 1.07. The van der Waals surface area contributed by atoms with E-state index in [0.717, 1.165) is 6.07 Å². The summed E-state index contributed by atoms with van der Waals surface area (Å²) >= 11 is 0. The topological polar surface area (TPSA) is 46.2 Å². The average Bonchev–Trinajstić information content (AvgIpc) is 2.26. The van der Waals surface area contributed by atoms with Crippen molar-refractivity contribution in [2.24, 2.45) is 5.73 Å². The van der Waals surface area contributed by atoms with E-state index in [2.05, 4.69) is 0 Å². The molecule has 0 amide bonds. The van der Waals surface area contributed by atoms with Gasteiger partial charge in [0.15, 0.2) is 0 Å². The van der Waals surface area contributed by atoms with Crippen LogP contribution in [0.3, 0.4) is 0 Å². The summed E-state index contributed by atoms with van der Waals surface area (Å²) in [6, 6.07) is 3.24. The molecule has 3 N–H and O–H groups in total. The van der Waals surface area contributed by atoms with Crippen LogP contribution in [-0.2, 0) is 0 Å². The third-order valence-corrected chi connectivity index (χ3v) is 2.79. The van der Waals surface area contributed by atoms with Crippen molar-refractivity contribution in [2.75, 3.05) is 6.61 Å². The van der Waals surface area contributed by atoms with E-state index >= 15 is 0 Å². The van der Waals surface area contributed by atoms with Crippen molar-refractivity contribution in [3.8, 4) is 0 Å². The molecule has 0 saturated carbocycles. The summed E-state index contributed by atoms with van der Waals surface area (Å²) in [4.78, 5) is 0. The molecule has 0 fully saturated rings. The summed E-state index contributed by atoms with van der Waals surface area (Å²) in [6.45, 7) is 1.84. The van der Waals surface area contributed by atoms with Gasteiger partial charge >= 0.3 is 0 Å². The lowest BCUT2D eigenvalue weighted by Gasteiger charge is -2.23. The highest BCUT2D eigenvalue weighted by molar-refractivity contribution is 5.24. The van der Waals surface area contributed by atoms with Gasteiger partial charge in [-0.15, -0.1) is 0 Å². The van der Waals surface area contributed by atoms with Crippen molar-refractivity contribution in [3.63, 3.8) is 0 Å². The van der Waals surface area contributed by atoms with Crippen molar-refractivity contribution in [1.29, 1.82) is 0 Å². The normalized spacial score (nSPS) is 14.8. The maximum absolute atomic E-state index is 13.5. The van der Waals surface area contributed by atoms with Gasteiger partial charge in [0, 0.05) is 24.6 Å². The molecule has 90 valence electrons. The lowest BCUT2D eigenvalue weighted by atomic mass is 9.87. The summed E-state index contributed by atoms with van der Waals surface area (Å²) in [5.74, 6) is -1.47. The van der Waals surface area contributed by atoms with Gasteiger partial charge in [0.25, 0.3) is 0 Å². The Bertz CT molecular complexity index is 344. The van der Waals surface area contributed by atoms with Gasteiger partial charge in [-0.25, -0.2) is 8.78 Å². The van der Waals surface area contributed by atoms with Gasteiger partial charge in [0.05, 0.1) is 0 Å². The summed E-state index contributed by atoms with van der Waals surface area (Å²) in [5, 5.41) is 8.94. The lowest BCUT2D eigenvalue weighted by molar-refractivity contribution is 0.264. The Labute approximate surface area is 94.1 Å². The molecule has 2 atom stereocenters. The van der Waals surface area contributed by atoms with Crippen molar-refractivity contribution in [2.45, 2.75) is 31.7 Å². The number of rotatable bonds is 5. The third-order valence-electron chi connectivity index (χ3n) is 2.79. The molecule has 4 heteroatoms. The molecule has 2 unspecified atom stereocenters. The Hall–Kier alpha value is -1.00. The Morgan fingerprint density at radius 1 is 1.38 bits per heavy atom. The summed E-state index contributed by atoms with van der Waals surface area (Å²) < 4.78 is 26.3. The van der Waals surface area contributed by atoms with E-state index < -0.39 is 11.6 Å². The Kier molecular flexibility index (Phi) is 4.83. The van der Waals surface area contributed by atoms with Gasteiger partial charge in [-0.1, -0.05) is 13.0 Å². The number of hydrogen-bond donors (Lipinski definition) is 2. The highest BCUT2D eigenvalue weighted by Gasteiger charge is 2.21. The van der Waals surface area contributed by atoms with Crippen LogP contribution < -0.4 is 5.73 Å². The molecular formula is C12H17F2NO. The first-order valence-corrected chi connectivity index (χ1v) is 5.41. The minimum absolute atomic E-state index is 0.0603. The molecular weight excluding hydrogens is 212 g/mol. The van der Waals surface area contributed by atoms with Crippen LogP contribution in [0, 0.1) is 11.6 Å². The second kappa shape index (κ2) is 5.92. The molecule has 16 heavy (non-hydrogen) atoms. The van der Waals surface area contributed by atoms with E-state index in [9.17, 15) is 8.78 Å². The van der Waals surface area contributed by atoms with Gasteiger partial charge in [-0.3, -0.25) is 0 Å². The first-order chi connectivity index (χ1) is 7.60. The number of hydrogen-bond acceptors (Lipinski definition) is 2. The van der Waals surface area contributed by atoms with Gasteiger partial charge in [-0.2, -0.15) is 0 Å². The number of aliphatic hydroxyl groups excluding tert-OH is 1. The highest BCUT2D eigenvalue weighted by atomic mass is 19.1. The number of nitrogens with two attached hydrogens (primary N) is 1. The molecule has 0 saturated heterocycles. The zero-order valence-corrected chi connectivity index (χ0v) is 9.29. The van der Waals surface area contributed by atoms with E-state index in [1.54, 1.807) is 0 Å². The van der Waals surface area contributed by atoms with E-state index in [0.29, 0.717) is 18.4 Å². The van der Waals surface area contributed by atoms with Crippen LogP contribution in [0.5, 0.6) is 0 Å². The maximum Gasteiger partial charge on any atom is 0.129 e. The molecule has 1 aromatic rings. The van der Waals surface area contributed by atoms with Crippen molar-refractivity contribution < 1.29 is 13.9 Å². The van der Waals surface area contributed by atoms with Crippen LogP contribution in [0.2, 0.25) is 0 Å². The fraction of sp³-hybridized carbons (Fsp3) is 0.500. The molecule has 0 aliphatic heterocycles. The lowest BCUT2D eigenvalue weighted by Crippen LogP contribution is -2.29. The second-order valence-corrected chi connectivity index (χ2v) is 3.86. The molecule has 0 spiro atoms. The van der Waals surface area contributed by atoms with Crippen LogP contribution in [0.25, 0.3) is 0 Å². The molecule has 0 radical (unpaired) electrons. The van der Waals surface area contributed by atoms with E-state index in [1.807, 2.05) is 6.92 Å². The van der Waals surface area contributed by atoms with Crippen LogP contribution in [0.15, 0.2) is 18.2 Å². The van der Waals surface area contributed by atoms with Gasteiger partial charge in [0.1, 0.15) is 11.6 Å². The van der Waals surface area contributed by atoms with Gasteiger partial charge in [-0.05, 0) is 24.5 Å². The van der Waals surface area contributed by atoms with Crippen LogP contribution in [0.1, 0.15) is 31.2 Å². The predicted octanol–water partition coefficient (Wildman–Crippen LogP) is 2.17. The van der Waals surface area contributed by atoms with Crippen molar-refractivity contribution in [3.05, 3.63) is 35.4 Å². The quantitative estimate of drug-likeness (QED) is 0.812. The Morgan fingerprint density at radius 3 is 2.56 bits per heavy atom. The molecule has 0 bridgehead atoms. The third kappa shape index (κ3) is 3.00. The fourth-order valence-electron chi connectivity index (χ4n) is 1.83. The zero-order valence-electron chi connectivity index (χ0n) is 9.29. The molecule has 0 aliphatic rings. The Morgan fingerprint density at radius 2 is 2.06 bits per heavy atom. The molecule has 0 heterocycles. The minimum atomic E-state index is -0.603. The number of benzene rings is 1. The number of aliphatic hydroxyl groups is 1. The molecule has 1 aromatic carbocycles. The van der Waals surface area contributed by atoms with E-state index in [-0.39, 0.29) is 18.6 Å². The highest BCUT2D eigenvalue weighted by Crippen LogP contribution is 2.26. The first-order valence-electron chi connectivity index (χ1n) is 5.41. The van der Waals surface area contributed by atoms with E-state index in [4.69, 9.17) is 10.8 Å². The predicted molar refractivity (Wildman–Crippen MR) is 59.1 cm³/mol. The SMILES string of the molecule is CCC(N)C(CCO)c1ccc(F)cc1F. The molecule has 2 nitrogen and oxygen atoms in total. The molecule has 0 aromatic heterocycles. The van der Waals surface area contributed by atoms with Gasteiger partial charge < -0.3 is 10.8 Å². The Balaban J connectivity index is 3.00. The summed E-state index contributed by atoms with van der Waals surface area (Å²) in [5.41, 5.74) is 6.25. The van der Waals surface area contributed by atoms with Crippen molar-refractivity contribution >= 4 is 0 Å². The van der Waals surface area contributed by atoms with Gasteiger partial charge in [0.2, 0.25) is 0 Å². The molecule has 1 rings (SSSR count). The van der Waals surface area contributed by atoms with Crippen LogP contribution >= 0.6 is 0 Å². The molecule has 0 aliphatic carbocycles. The zero-order chi connectivity index (χ0) is 12.1. The average molecular weight is 229 g/mol. The first kappa shape index (κ1) is 13.1. The second-order valence-electron chi connectivity index (χ2n) is 3.86. The van der Waals surface area contributed by atoms with Crippen LogP contribution in [-0.4, -0.2) is 17.8 Å². The fourth-order valence-corrected chi connectivity index (χ4v) is 1.83.